The van der Waals surface area contributed by atoms with Crippen molar-refractivity contribution >= 4 is 23.3 Å². The average molecular weight is 480 g/mol. The molecule has 0 aliphatic carbocycles. The number of carbonyl (C=O) groups excluding carboxylic acids is 2. The van der Waals surface area contributed by atoms with Gasteiger partial charge in [0, 0.05) is 19.2 Å². The third kappa shape index (κ3) is 4.88. The van der Waals surface area contributed by atoms with Crippen LogP contribution in [0.2, 0.25) is 0 Å². The van der Waals surface area contributed by atoms with E-state index in [4.69, 9.17) is 0 Å². The molecular weight excluding hydrogens is 463 g/mol. The average Bonchev–Trinajstić information content (AvgIpc) is 3.24. The Labute approximate surface area is 189 Å². The molecule has 0 saturated carbocycles. The molecule has 178 valence electrons. The van der Waals surface area contributed by atoms with Crippen molar-refractivity contribution in [1.29, 1.82) is 0 Å². The minimum Gasteiger partial charge on any atom is -0.324 e. The number of benzene rings is 1. The standard InChI is InChI=1S/C21H17F5N6O2/c22-15-7-13(30-17(33)6-12-2-1-3-14(19(12)23)21(24,25)26)8-28-20(15)31-10-16(29-11-31)32-5-4-27-9-18(32)34/h1-3,7-8,10-11,27H,4-6,9H2,(H,30,33). The third-order valence-corrected chi connectivity index (χ3v) is 5.02. The van der Waals surface area contributed by atoms with E-state index in [0.717, 1.165) is 24.4 Å². The minimum atomic E-state index is -4.90. The van der Waals surface area contributed by atoms with Crippen LogP contribution in [0.1, 0.15) is 11.1 Å². The first-order valence-electron chi connectivity index (χ1n) is 9.99. The van der Waals surface area contributed by atoms with Crippen molar-refractivity contribution in [1.82, 2.24) is 19.9 Å². The van der Waals surface area contributed by atoms with Gasteiger partial charge in [0.25, 0.3) is 0 Å². The monoisotopic (exact) mass is 480 g/mol. The van der Waals surface area contributed by atoms with Gasteiger partial charge in [-0.15, -0.1) is 0 Å². The lowest BCUT2D eigenvalue weighted by Crippen LogP contribution is -2.48. The van der Waals surface area contributed by atoms with E-state index >= 15 is 0 Å². The van der Waals surface area contributed by atoms with E-state index in [1.54, 1.807) is 0 Å². The predicted octanol–water partition coefficient (Wildman–Crippen LogP) is 2.68. The number of amides is 2. The summed E-state index contributed by atoms with van der Waals surface area (Å²) in [6.45, 7) is 1.16. The summed E-state index contributed by atoms with van der Waals surface area (Å²) in [5.74, 6) is -3.23. The van der Waals surface area contributed by atoms with Gasteiger partial charge < -0.3 is 10.6 Å². The molecule has 34 heavy (non-hydrogen) atoms. The molecule has 13 heteroatoms. The summed E-state index contributed by atoms with van der Waals surface area (Å²) in [5, 5.41) is 5.21. The van der Waals surface area contributed by atoms with Gasteiger partial charge >= 0.3 is 6.18 Å². The second-order valence-corrected chi connectivity index (χ2v) is 7.39. The summed E-state index contributed by atoms with van der Waals surface area (Å²) in [7, 11) is 0. The van der Waals surface area contributed by atoms with Crippen molar-refractivity contribution < 1.29 is 31.5 Å². The molecule has 1 aliphatic heterocycles. The van der Waals surface area contributed by atoms with Crippen LogP contribution in [-0.2, 0) is 22.2 Å². The summed E-state index contributed by atoms with van der Waals surface area (Å²) in [6.07, 6.45) is -1.74. The van der Waals surface area contributed by atoms with E-state index < -0.39 is 41.3 Å². The molecule has 2 aromatic heterocycles. The molecule has 0 unspecified atom stereocenters. The number of pyridine rings is 1. The molecule has 1 aliphatic rings. The van der Waals surface area contributed by atoms with Crippen LogP contribution in [0, 0.1) is 11.6 Å². The van der Waals surface area contributed by atoms with Crippen molar-refractivity contribution in [2.45, 2.75) is 12.6 Å². The summed E-state index contributed by atoms with van der Waals surface area (Å²) >= 11 is 0. The fourth-order valence-corrected chi connectivity index (χ4v) is 3.42. The topological polar surface area (TPSA) is 92.2 Å². The van der Waals surface area contributed by atoms with Gasteiger partial charge in [0.2, 0.25) is 11.8 Å². The lowest BCUT2D eigenvalue weighted by molar-refractivity contribution is -0.140. The predicted molar refractivity (Wildman–Crippen MR) is 110 cm³/mol. The van der Waals surface area contributed by atoms with E-state index in [2.05, 4.69) is 20.6 Å². The summed E-state index contributed by atoms with van der Waals surface area (Å²) in [5.41, 5.74) is -2.00. The first kappa shape index (κ1) is 23.3. The van der Waals surface area contributed by atoms with Crippen LogP contribution in [0.25, 0.3) is 5.82 Å². The highest BCUT2D eigenvalue weighted by molar-refractivity contribution is 5.94. The molecular formula is C21H17F5N6O2. The maximum absolute atomic E-state index is 14.7. The first-order valence-corrected chi connectivity index (χ1v) is 9.99. The Morgan fingerprint density at radius 1 is 1.21 bits per heavy atom. The highest BCUT2D eigenvalue weighted by Crippen LogP contribution is 2.32. The summed E-state index contributed by atoms with van der Waals surface area (Å²) < 4.78 is 68.6. The number of aromatic nitrogens is 3. The van der Waals surface area contributed by atoms with Crippen LogP contribution in [0.4, 0.5) is 33.5 Å². The fourth-order valence-electron chi connectivity index (χ4n) is 3.42. The SMILES string of the molecule is O=C(Cc1cccc(C(F)(F)F)c1F)Nc1cnc(-n2cnc(N3CCNCC3=O)c2)c(F)c1. The normalized spacial score (nSPS) is 14.4. The Morgan fingerprint density at radius 3 is 2.71 bits per heavy atom. The highest BCUT2D eigenvalue weighted by Gasteiger charge is 2.35. The molecule has 2 amide bonds. The van der Waals surface area contributed by atoms with Crippen LogP contribution < -0.4 is 15.5 Å². The number of anilines is 2. The largest absolute Gasteiger partial charge is 0.419 e. The van der Waals surface area contributed by atoms with E-state index in [9.17, 15) is 31.5 Å². The van der Waals surface area contributed by atoms with E-state index in [1.165, 1.54) is 22.0 Å². The van der Waals surface area contributed by atoms with Crippen LogP contribution in [0.5, 0.6) is 0 Å². The number of carbonyl (C=O) groups is 2. The van der Waals surface area contributed by atoms with Gasteiger partial charge in [-0.2, -0.15) is 13.2 Å². The van der Waals surface area contributed by atoms with Crippen molar-refractivity contribution in [3.05, 3.63) is 65.7 Å². The quantitative estimate of drug-likeness (QED) is 0.548. The number of hydrogen-bond donors (Lipinski definition) is 2. The number of piperazine rings is 1. The van der Waals surface area contributed by atoms with Gasteiger partial charge in [0.05, 0.1) is 36.6 Å². The van der Waals surface area contributed by atoms with Crippen molar-refractivity contribution in [2.24, 2.45) is 0 Å². The second-order valence-electron chi connectivity index (χ2n) is 7.39. The molecule has 8 nitrogen and oxygen atoms in total. The van der Waals surface area contributed by atoms with Crippen LogP contribution in [0.15, 0.2) is 43.0 Å². The Morgan fingerprint density at radius 2 is 2.00 bits per heavy atom. The van der Waals surface area contributed by atoms with Gasteiger partial charge in [-0.3, -0.25) is 19.1 Å². The van der Waals surface area contributed by atoms with Crippen molar-refractivity contribution in [3.8, 4) is 5.82 Å². The Kier molecular flexibility index (Phi) is 6.28. The molecule has 0 atom stereocenters. The molecule has 4 rings (SSSR count). The van der Waals surface area contributed by atoms with Gasteiger partial charge in [0.1, 0.15) is 12.1 Å². The van der Waals surface area contributed by atoms with Gasteiger partial charge in [-0.25, -0.2) is 18.7 Å². The zero-order chi connectivity index (χ0) is 24.5. The number of hydrogen-bond acceptors (Lipinski definition) is 5. The van der Waals surface area contributed by atoms with E-state index in [1.807, 2.05) is 0 Å². The summed E-state index contributed by atoms with van der Waals surface area (Å²) in [4.78, 5) is 33.7. The molecule has 0 radical (unpaired) electrons. The van der Waals surface area contributed by atoms with E-state index in [0.29, 0.717) is 25.0 Å². The second kappa shape index (κ2) is 9.17. The van der Waals surface area contributed by atoms with Crippen molar-refractivity contribution in [3.63, 3.8) is 0 Å². The Bertz CT molecular complexity index is 1240. The zero-order valence-electron chi connectivity index (χ0n) is 17.4. The minimum absolute atomic E-state index is 0.0729. The maximum Gasteiger partial charge on any atom is 0.419 e. The molecule has 1 saturated heterocycles. The first-order chi connectivity index (χ1) is 16.1. The molecule has 1 aromatic carbocycles. The number of nitrogens with one attached hydrogen (secondary N) is 2. The molecule has 3 aromatic rings. The fraction of sp³-hybridized carbons (Fsp3) is 0.238. The van der Waals surface area contributed by atoms with Gasteiger partial charge in [-0.1, -0.05) is 12.1 Å². The van der Waals surface area contributed by atoms with Gasteiger partial charge in [-0.05, 0) is 11.6 Å². The molecule has 0 spiro atoms. The van der Waals surface area contributed by atoms with E-state index in [-0.39, 0.29) is 24.0 Å². The number of imidazole rings is 1. The number of halogens is 5. The summed E-state index contributed by atoms with van der Waals surface area (Å²) in [6, 6.07) is 3.59. The third-order valence-electron chi connectivity index (χ3n) is 5.02. The molecule has 1 fully saturated rings. The molecule has 0 bridgehead atoms. The highest BCUT2D eigenvalue weighted by atomic mass is 19.4. The van der Waals surface area contributed by atoms with Crippen molar-refractivity contribution in [2.75, 3.05) is 29.9 Å². The van der Waals surface area contributed by atoms with Crippen LogP contribution in [-0.4, -0.2) is 46.0 Å². The van der Waals surface area contributed by atoms with Gasteiger partial charge in [0.15, 0.2) is 17.5 Å². The Balaban J connectivity index is 1.46. The zero-order valence-corrected chi connectivity index (χ0v) is 17.4. The smallest absolute Gasteiger partial charge is 0.324 e. The number of alkyl halides is 3. The number of rotatable bonds is 5. The van der Waals surface area contributed by atoms with Crippen LogP contribution >= 0.6 is 0 Å². The Hall–Kier alpha value is -3.87. The lowest BCUT2D eigenvalue weighted by atomic mass is 10.1. The molecule has 2 N–H and O–H groups in total. The van der Waals surface area contributed by atoms with Crippen LogP contribution in [0.3, 0.4) is 0 Å². The lowest BCUT2D eigenvalue weighted by Gasteiger charge is -2.25. The maximum atomic E-state index is 14.7. The molecule has 3 heterocycles. The number of nitrogens with zero attached hydrogens (tertiary/aromatic N) is 4.